The van der Waals surface area contributed by atoms with Gasteiger partial charge in [-0.25, -0.2) is 4.79 Å². The normalized spacial score (nSPS) is 18.6. The molecule has 1 amide bonds. The van der Waals surface area contributed by atoms with Crippen LogP contribution in [0.4, 0.5) is 0 Å². The Kier molecular flexibility index (Phi) is 2.98. The Morgan fingerprint density at radius 3 is 2.44 bits per heavy atom. The number of amides is 1. The van der Waals surface area contributed by atoms with E-state index in [1.54, 1.807) is 11.8 Å². The van der Waals surface area contributed by atoms with E-state index in [4.69, 9.17) is 5.11 Å². The van der Waals surface area contributed by atoms with Gasteiger partial charge in [0.25, 0.3) is 5.91 Å². The molecule has 1 aliphatic rings. The summed E-state index contributed by atoms with van der Waals surface area (Å²) < 4.78 is 0. The molecule has 0 bridgehead atoms. The fourth-order valence-electron chi connectivity index (χ4n) is 2.03. The molecular weight excluding hydrogens is 238 g/mol. The summed E-state index contributed by atoms with van der Waals surface area (Å²) in [7, 11) is 0. The molecule has 1 aliphatic heterocycles. The van der Waals surface area contributed by atoms with Crippen molar-refractivity contribution in [2.45, 2.75) is 19.8 Å². The quantitative estimate of drug-likeness (QED) is 0.691. The van der Waals surface area contributed by atoms with Crippen molar-refractivity contribution in [3.05, 3.63) is 22.4 Å². The first-order chi connectivity index (χ1) is 8.42. The molecule has 0 atom stereocenters. The lowest BCUT2D eigenvalue weighted by Gasteiger charge is -2.36. The van der Waals surface area contributed by atoms with Crippen LogP contribution in [-0.4, -0.2) is 44.9 Å². The van der Waals surface area contributed by atoms with Crippen LogP contribution in [-0.2, 0) is 4.79 Å². The van der Waals surface area contributed by atoms with E-state index in [0.29, 0.717) is 25.9 Å². The molecule has 0 aromatic carbocycles. The molecule has 2 rings (SSSR count). The van der Waals surface area contributed by atoms with Gasteiger partial charge in [0.05, 0.1) is 5.41 Å². The number of carbonyl (C=O) groups excluding carboxylic acids is 1. The number of hydrogen-bond donors (Lipinski definition) is 3. The summed E-state index contributed by atoms with van der Waals surface area (Å²) in [5.74, 6) is -1.11. The maximum Gasteiger partial charge on any atom is 0.323 e. The monoisotopic (exact) mass is 253 g/mol. The van der Waals surface area contributed by atoms with E-state index < -0.39 is 17.1 Å². The smallest absolute Gasteiger partial charge is 0.323 e. The van der Waals surface area contributed by atoms with Crippen molar-refractivity contribution in [1.82, 2.24) is 14.9 Å². The number of nitrogens with zero attached hydrogens (tertiary/aromatic N) is 1. The molecule has 0 spiro atoms. The number of rotatable bonds is 2. The van der Waals surface area contributed by atoms with Crippen LogP contribution < -0.4 is 5.69 Å². The van der Waals surface area contributed by atoms with E-state index in [0.717, 1.165) is 0 Å². The highest BCUT2D eigenvalue weighted by molar-refractivity contribution is 5.92. The first-order valence-electron chi connectivity index (χ1n) is 5.73. The minimum absolute atomic E-state index is 0.207. The zero-order valence-corrected chi connectivity index (χ0v) is 10.0. The van der Waals surface area contributed by atoms with Crippen molar-refractivity contribution >= 4 is 11.9 Å². The van der Waals surface area contributed by atoms with E-state index in [1.165, 1.54) is 6.20 Å². The molecule has 1 aromatic heterocycles. The average molecular weight is 253 g/mol. The summed E-state index contributed by atoms with van der Waals surface area (Å²) in [6.45, 7) is 2.46. The van der Waals surface area contributed by atoms with Crippen molar-refractivity contribution in [2.75, 3.05) is 13.1 Å². The fraction of sp³-hybridized carbons (Fsp3) is 0.545. The lowest BCUT2D eigenvalue weighted by molar-refractivity contribution is -0.150. The fourth-order valence-corrected chi connectivity index (χ4v) is 2.03. The summed E-state index contributed by atoms with van der Waals surface area (Å²) >= 11 is 0. The second-order valence-corrected chi connectivity index (χ2v) is 4.81. The van der Waals surface area contributed by atoms with Crippen LogP contribution in [0.5, 0.6) is 0 Å². The van der Waals surface area contributed by atoms with Crippen molar-refractivity contribution in [3.8, 4) is 0 Å². The Morgan fingerprint density at radius 1 is 1.39 bits per heavy atom. The molecule has 1 fully saturated rings. The minimum Gasteiger partial charge on any atom is -0.481 e. The van der Waals surface area contributed by atoms with Gasteiger partial charge in [-0.2, -0.15) is 0 Å². The molecule has 1 aromatic rings. The van der Waals surface area contributed by atoms with E-state index in [-0.39, 0.29) is 11.6 Å². The van der Waals surface area contributed by atoms with Gasteiger partial charge in [-0.15, -0.1) is 0 Å². The molecule has 2 heterocycles. The van der Waals surface area contributed by atoms with E-state index >= 15 is 0 Å². The molecule has 98 valence electrons. The molecule has 0 radical (unpaired) electrons. The van der Waals surface area contributed by atoms with Crippen molar-refractivity contribution in [1.29, 1.82) is 0 Å². The zero-order chi connectivity index (χ0) is 13.3. The number of aliphatic carboxylic acids is 1. The van der Waals surface area contributed by atoms with Crippen LogP contribution in [0, 0.1) is 5.41 Å². The standard InChI is InChI=1S/C11H15N3O4/c1-11(9(16)17)2-4-14(5-3-11)8(15)7-6-12-10(18)13-7/h6H,2-5H2,1H3,(H,16,17)(H2,12,13,18). The summed E-state index contributed by atoms with van der Waals surface area (Å²) in [4.78, 5) is 40.3. The van der Waals surface area contributed by atoms with Gasteiger partial charge in [0.1, 0.15) is 5.69 Å². The second kappa shape index (κ2) is 4.32. The van der Waals surface area contributed by atoms with Crippen LogP contribution in [0.3, 0.4) is 0 Å². The molecule has 18 heavy (non-hydrogen) atoms. The highest BCUT2D eigenvalue weighted by Crippen LogP contribution is 2.31. The number of imidazole rings is 1. The molecule has 0 saturated carbocycles. The van der Waals surface area contributed by atoms with E-state index in [2.05, 4.69) is 9.97 Å². The molecule has 0 aliphatic carbocycles. The zero-order valence-electron chi connectivity index (χ0n) is 10.0. The predicted molar refractivity (Wildman–Crippen MR) is 62.3 cm³/mol. The number of carboxylic acids is 1. The summed E-state index contributed by atoms with van der Waals surface area (Å²) in [6.07, 6.45) is 2.17. The van der Waals surface area contributed by atoms with Gasteiger partial charge in [0.2, 0.25) is 0 Å². The number of carbonyl (C=O) groups is 2. The topological polar surface area (TPSA) is 106 Å². The number of nitrogens with one attached hydrogen (secondary N) is 2. The van der Waals surface area contributed by atoms with Gasteiger partial charge in [0.15, 0.2) is 0 Å². The Labute approximate surface area is 103 Å². The number of piperidine rings is 1. The molecule has 3 N–H and O–H groups in total. The van der Waals surface area contributed by atoms with Crippen molar-refractivity contribution in [2.24, 2.45) is 5.41 Å². The van der Waals surface area contributed by atoms with Gasteiger partial charge in [-0.3, -0.25) is 9.59 Å². The summed E-state index contributed by atoms with van der Waals surface area (Å²) in [5.41, 5.74) is -0.979. The maximum atomic E-state index is 12.0. The largest absolute Gasteiger partial charge is 0.481 e. The maximum absolute atomic E-state index is 12.0. The van der Waals surface area contributed by atoms with Gasteiger partial charge < -0.3 is 20.0 Å². The number of aromatic amines is 2. The lowest BCUT2D eigenvalue weighted by Crippen LogP contribution is -2.45. The van der Waals surface area contributed by atoms with Crippen LogP contribution in [0.25, 0.3) is 0 Å². The third kappa shape index (κ3) is 2.15. The highest BCUT2D eigenvalue weighted by Gasteiger charge is 2.38. The Morgan fingerprint density at radius 2 is 2.00 bits per heavy atom. The van der Waals surface area contributed by atoms with Gasteiger partial charge in [-0.05, 0) is 19.8 Å². The minimum atomic E-state index is -0.829. The third-order valence-electron chi connectivity index (χ3n) is 3.50. The highest BCUT2D eigenvalue weighted by atomic mass is 16.4. The van der Waals surface area contributed by atoms with Crippen LogP contribution >= 0.6 is 0 Å². The lowest BCUT2D eigenvalue weighted by atomic mass is 9.80. The summed E-state index contributed by atoms with van der Waals surface area (Å²) in [6, 6.07) is 0. The molecular formula is C11H15N3O4. The number of H-pyrrole nitrogens is 2. The SMILES string of the molecule is CC1(C(=O)O)CCN(C(=O)c2c[nH]c(=O)[nH]2)CC1. The molecule has 1 saturated heterocycles. The third-order valence-corrected chi connectivity index (χ3v) is 3.50. The molecule has 7 nitrogen and oxygen atoms in total. The van der Waals surface area contributed by atoms with E-state index in [9.17, 15) is 14.4 Å². The Balaban J connectivity index is 2.04. The number of likely N-dealkylation sites (tertiary alicyclic amines) is 1. The number of carboxylic acid groups (broad SMARTS) is 1. The first kappa shape index (κ1) is 12.4. The van der Waals surface area contributed by atoms with Gasteiger partial charge >= 0.3 is 11.7 Å². The van der Waals surface area contributed by atoms with Crippen LogP contribution in [0.15, 0.2) is 11.0 Å². The van der Waals surface area contributed by atoms with Gasteiger partial charge in [-0.1, -0.05) is 0 Å². The van der Waals surface area contributed by atoms with Gasteiger partial charge in [0, 0.05) is 19.3 Å². The number of hydrogen-bond acceptors (Lipinski definition) is 3. The van der Waals surface area contributed by atoms with Crippen molar-refractivity contribution < 1.29 is 14.7 Å². The Hall–Kier alpha value is -2.05. The van der Waals surface area contributed by atoms with Crippen LogP contribution in [0.2, 0.25) is 0 Å². The van der Waals surface area contributed by atoms with E-state index in [1.807, 2.05) is 0 Å². The second-order valence-electron chi connectivity index (χ2n) is 4.81. The average Bonchev–Trinajstić information content (AvgIpc) is 2.76. The van der Waals surface area contributed by atoms with Crippen molar-refractivity contribution in [3.63, 3.8) is 0 Å². The molecule has 0 unspecified atom stereocenters. The first-order valence-corrected chi connectivity index (χ1v) is 5.73. The predicted octanol–water partition coefficient (Wildman–Crippen LogP) is 0.0299. The summed E-state index contributed by atoms with van der Waals surface area (Å²) in [5, 5.41) is 9.09. The Bertz CT molecular complexity index is 522. The molecule has 7 heteroatoms. The van der Waals surface area contributed by atoms with Crippen LogP contribution in [0.1, 0.15) is 30.3 Å². The number of aromatic nitrogens is 2.